The molecule has 1 rings (SSSR count). The Kier molecular flexibility index (Phi) is 3.99. The quantitative estimate of drug-likeness (QED) is 0.463. The molecule has 1 heterocycles. The molecule has 1 aromatic rings. The van der Waals surface area contributed by atoms with Gasteiger partial charge in [-0.25, -0.2) is 0 Å². The van der Waals surface area contributed by atoms with E-state index in [1.807, 2.05) is 16.9 Å². The Hall–Kier alpha value is -0.653. The number of rotatable bonds is 5. The van der Waals surface area contributed by atoms with E-state index in [0.29, 0.717) is 0 Å². The van der Waals surface area contributed by atoms with Crippen LogP contribution in [0.4, 0.5) is 0 Å². The van der Waals surface area contributed by atoms with E-state index in [-0.39, 0.29) is 15.4 Å². The molecule has 0 aliphatic rings. The van der Waals surface area contributed by atoms with Gasteiger partial charge in [0.25, 0.3) is 0 Å². The van der Waals surface area contributed by atoms with Crippen LogP contribution in [-0.2, 0) is 15.6 Å². The largest absolute Gasteiger partial charge is 0.360 e. The lowest BCUT2D eigenvalue weighted by Crippen LogP contribution is -2.25. The molecule has 0 saturated carbocycles. The van der Waals surface area contributed by atoms with E-state index in [0.717, 1.165) is 6.17 Å². The Morgan fingerprint density at radius 2 is 2.25 bits per heavy atom. The average Bonchev–Trinajstić information content (AvgIpc) is 2.59. The average molecular weight is 186 g/mol. The predicted octanol–water partition coefficient (Wildman–Crippen LogP) is -0.414. The highest BCUT2D eigenvalue weighted by molar-refractivity contribution is 6.35. The van der Waals surface area contributed by atoms with Gasteiger partial charge in [0, 0.05) is 32.8 Å². The molecule has 0 radical (unpaired) electrons. The molecule has 0 unspecified atom stereocenters. The second-order valence-corrected chi connectivity index (χ2v) is 4.15. The number of hydrogen-bond acceptors (Lipinski definition) is 3. The van der Waals surface area contributed by atoms with Crippen LogP contribution >= 0.6 is 0 Å². The molecule has 0 aliphatic heterocycles. The normalized spacial score (nSPS) is 11.9. The third-order valence-corrected chi connectivity index (χ3v) is 3.53. The van der Waals surface area contributed by atoms with E-state index in [1.54, 1.807) is 20.4 Å². The summed E-state index contributed by atoms with van der Waals surface area (Å²) in [4.78, 5) is 0. The summed E-state index contributed by atoms with van der Waals surface area (Å²) >= 11 is 0. The molecule has 0 atom stereocenters. The minimum absolute atomic E-state index is 0.00852. The first-order valence-electron chi connectivity index (χ1n) is 3.90. The van der Waals surface area contributed by atoms with Crippen molar-refractivity contribution in [2.75, 3.05) is 14.2 Å². The standard InChI is InChI=1S/C7H14N2O2Si/c1-10-7(11-2)12-6-9-5-3-4-8-9/h3-5,7H,6,12H2,1-2H3. The minimum Gasteiger partial charge on any atom is -0.360 e. The number of aromatic nitrogens is 2. The highest BCUT2D eigenvalue weighted by Gasteiger charge is 2.05. The zero-order chi connectivity index (χ0) is 8.81. The molecule has 0 spiro atoms. The minimum atomic E-state index is -0.388. The van der Waals surface area contributed by atoms with Crippen LogP contribution in [0.2, 0.25) is 0 Å². The van der Waals surface area contributed by atoms with Gasteiger partial charge in [-0.3, -0.25) is 4.68 Å². The molecule has 1 aromatic heterocycles. The van der Waals surface area contributed by atoms with Crippen molar-refractivity contribution in [2.45, 2.75) is 12.1 Å². The van der Waals surface area contributed by atoms with Crippen LogP contribution < -0.4 is 0 Å². The fraction of sp³-hybridized carbons (Fsp3) is 0.571. The van der Waals surface area contributed by atoms with Crippen molar-refractivity contribution in [3.8, 4) is 0 Å². The molecule has 68 valence electrons. The van der Waals surface area contributed by atoms with Crippen LogP contribution in [0.3, 0.4) is 0 Å². The van der Waals surface area contributed by atoms with Gasteiger partial charge in [0.15, 0.2) is 0 Å². The summed E-state index contributed by atoms with van der Waals surface area (Å²) in [5.74, 6) is 0.00852. The molecular weight excluding hydrogens is 172 g/mol. The van der Waals surface area contributed by atoms with Crippen LogP contribution in [0.15, 0.2) is 18.5 Å². The highest BCUT2D eigenvalue weighted by Crippen LogP contribution is 1.90. The monoisotopic (exact) mass is 186 g/mol. The first-order chi connectivity index (χ1) is 5.86. The van der Waals surface area contributed by atoms with Crippen molar-refractivity contribution in [2.24, 2.45) is 0 Å². The Balaban J connectivity index is 2.25. The van der Waals surface area contributed by atoms with Crippen LogP contribution in [0, 0.1) is 0 Å². The maximum atomic E-state index is 5.10. The SMILES string of the molecule is COC(OC)[SiH2]Cn1cccn1. The molecule has 0 aliphatic carbocycles. The van der Waals surface area contributed by atoms with Gasteiger partial charge >= 0.3 is 0 Å². The number of ether oxygens (including phenoxy) is 2. The first kappa shape index (κ1) is 9.44. The van der Waals surface area contributed by atoms with E-state index in [4.69, 9.17) is 9.47 Å². The summed E-state index contributed by atoms with van der Waals surface area (Å²) < 4.78 is 12.1. The fourth-order valence-electron chi connectivity index (χ4n) is 1.00. The first-order valence-corrected chi connectivity index (χ1v) is 5.71. The van der Waals surface area contributed by atoms with Crippen molar-refractivity contribution >= 4 is 9.52 Å². The van der Waals surface area contributed by atoms with Gasteiger partial charge in [-0.1, -0.05) is 0 Å². The third-order valence-electron chi connectivity index (χ3n) is 1.68. The van der Waals surface area contributed by atoms with Crippen molar-refractivity contribution in [1.29, 1.82) is 0 Å². The van der Waals surface area contributed by atoms with Gasteiger partial charge in [-0.15, -0.1) is 0 Å². The van der Waals surface area contributed by atoms with Crippen molar-refractivity contribution in [1.82, 2.24) is 9.78 Å². The lowest BCUT2D eigenvalue weighted by atomic mass is 10.8. The van der Waals surface area contributed by atoms with Crippen LogP contribution in [-0.4, -0.2) is 39.4 Å². The van der Waals surface area contributed by atoms with E-state index >= 15 is 0 Å². The summed E-state index contributed by atoms with van der Waals surface area (Å²) in [5.41, 5.74) is 0. The predicted molar refractivity (Wildman–Crippen MR) is 48.6 cm³/mol. The Labute approximate surface area is 74.3 Å². The molecule has 0 aromatic carbocycles. The summed E-state index contributed by atoms with van der Waals surface area (Å²) in [6, 6.07) is 1.92. The molecular formula is C7H14N2O2Si. The molecule has 4 nitrogen and oxygen atoms in total. The Bertz CT molecular complexity index is 199. The molecule has 0 N–H and O–H groups in total. The number of hydrogen-bond donors (Lipinski definition) is 0. The Morgan fingerprint density at radius 1 is 1.50 bits per heavy atom. The summed E-state index contributed by atoms with van der Waals surface area (Å²) in [6.07, 6.45) is 4.69. The molecule has 5 heteroatoms. The summed E-state index contributed by atoms with van der Waals surface area (Å²) in [5, 5.41) is 4.10. The van der Waals surface area contributed by atoms with Gasteiger partial charge < -0.3 is 9.47 Å². The molecule has 12 heavy (non-hydrogen) atoms. The van der Waals surface area contributed by atoms with Gasteiger partial charge in [0.05, 0.1) is 0 Å². The summed E-state index contributed by atoms with van der Waals surface area (Å²) in [6.45, 7) is 0. The molecule has 0 fully saturated rings. The Morgan fingerprint density at radius 3 is 2.75 bits per heavy atom. The fourth-order valence-corrected chi connectivity index (χ4v) is 2.21. The van der Waals surface area contributed by atoms with Crippen molar-refractivity contribution < 1.29 is 9.47 Å². The number of nitrogens with zero attached hydrogens (tertiary/aromatic N) is 2. The van der Waals surface area contributed by atoms with Crippen molar-refractivity contribution in [3.63, 3.8) is 0 Å². The van der Waals surface area contributed by atoms with E-state index < -0.39 is 0 Å². The third kappa shape index (κ3) is 2.76. The smallest absolute Gasteiger partial charge is 0.136 e. The molecule has 0 saturated heterocycles. The lowest BCUT2D eigenvalue weighted by Gasteiger charge is -2.11. The van der Waals surface area contributed by atoms with E-state index in [9.17, 15) is 0 Å². The van der Waals surface area contributed by atoms with Crippen LogP contribution in [0.25, 0.3) is 0 Å². The second-order valence-electron chi connectivity index (χ2n) is 2.46. The zero-order valence-corrected chi connectivity index (χ0v) is 8.85. The van der Waals surface area contributed by atoms with E-state index in [1.165, 1.54) is 0 Å². The van der Waals surface area contributed by atoms with Gasteiger partial charge in [-0.05, 0) is 6.07 Å². The van der Waals surface area contributed by atoms with E-state index in [2.05, 4.69) is 5.10 Å². The van der Waals surface area contributed by atoms with Gasteiger partial charge in [0.1, 0.15) is 15.4 Å². The summed E-state index contributed by atoms with van der Waals surface area (Å²) in [7, 11) is 2.95. The van der Waals surface area contributed by atoms with Crippen molar-refractivity contribution in [3.05, 3.63) is 18.5 Å². The second kappa shape index (κ2) is 5.07. The lowest BCUT2D eigenvalue weighted by molar-refractivity contribution is -0.0446. The topological polar surface area (TPSA) is 36.3 Å². The van der Waals surface area contributed by atoms with Crippen LogP contribution in [0.5, 0.6) is 0 Å². The number of methoxy groups -OCH3 is 2. The molecule has 0 amide bonds. The maximum absolute atomic E-state index is 5.10. The van der Waals surface area contributed by atoms with Gasteiger partial charge in [0.2, 0.25) is 0 Å². The highest BCUT2D eigenvalue weighted by atomic mass is 28.2. The maximum Gasteiger partial charge on any atom is 0.136 e. The van der Waals surface area contributed by atoms with Crippen LogP contribution in [0.1, 0.15) is 0 Å². The molecule has 0 bridgehead atoms. The van der Waals surface area contributed by atoms with Gasteiger partial charge in [-0.2, -0.15) is 5.10 Å². The zero-order valence-electron chi connectivity index (χ0n) is 7.43.